The predicted octanol–water partition coefficient (Wildman–Crippen LogP) is 1.88. The number of esters is 1. The highest BCUT2D eigenvalue weighted by molar-refractivity contribution is 5.80. The first-order chi connectivity index (χ1) is 9.58. The molecular formula is C15H29N3O2. The maximum absolute atomic E-state index is 11.7. The van der Waals surface area contributed by atoms with Gasteiger partial charge in [-0.25, -0.2) is 0 Å². The molecule has 1 heterocycles. The van der Waals surface area contributed by atoms with Gasteiger partial charge in [-0.1, -0.05) is 13.8 Å². The van der Waals surface area contributed by atoms with Gasteiger partial charge in [-0.2, -0.15) is 0 Å². The summed E-state index contributed by atoms with van der Waals surface area (Å²) in [7, 11) is 1.81. The van der Waals surface area contributed by atoms with Gasteiger partial charge in [-0.05, 0) is 32.1 Å². The van der Waals surface area contributed by atoms with E-state index in [1.54, 1.807) is 0 Å². The second-order valence-electron chi connectivity index (χ2n) is 5.67. The maximum Gasteiger partial charge on any atom is 0.309 e. The molecule has 20 heavy (non-hydrogen) atoms. The van der Waals surface area contributed by atoms with Crippen LogP contribution in [0.25, 0.3) is 0 Å². The van der Waals surface area contributed by atoms with Crippen molar-refractivity contribution in [2.45, 2.75) is 40.0 Å². The van der Waals surface area contributed by atoms with E-state index in [-0.39, 0.29) is 11.9 Å². The van der Waals surface area contributed by atoms with Crippen LogP contribution in [0, 0.1) is 11.8 Å². The maximum atomic E-state index is 11.7. The van der Waals surface area contributed by atoms with Gasteiger partial charge in [-0.15, -0.1) is 0 Å². The monoisotopic (exact) mass is 283 g/mol. The second-order valence-corrected chi connectivity index (χ2v) is 5.67. The summed E-state index contributed by atoms with van der Waals surface area (Å²) in [6, 6.07) is 0. The summed E-state index contributed by atoms with van der Waals surface area (Å²) >= 11 is 0. The van der Waals surface area contributed by atoms with Crippen molar-refractivity contribution in [2.75, 3.05) is 33.3 Å². The fourth-order valence-electron chi connectivity index (χ4n) is 2.39. The van der Waals surface area contributed by atoms with E-state index in [0.29, 0.717) is 12.5 Å². The van der Waals surface area contributed by atoms with Gasteiger partial charge >= 0.3 is 5.97 Å². The molecule has 0 aromatic rings. The number of likely N-dealkylation sites (tertiary alicyclic amines) is 1. The molecule has 0 unspecified atom stereocenters. The Morgan fingerprint density at radius 1 is 1.40 bits per heavy atom. The van der Waals surface area contributed by atoms with Crippen LogP contribution in [0.2, 0.25) is 0 Å². The van der Waals surface area contributed by atoms with Gasteiger partial charge in [0.1, 0.15) is 0 Å². The van der Waals surface area contributed by atoms with Crippen LogP contribution in [0.4, 0.5) is 0 Å². The summed E-state index contributed by atoms with van der Waals surface area (Å²) < 4.78 is 5.09. The third kappa shape index (κ3) is 5.39. The Bertz CT molecular complexity index is 321. The first-order valence-corrected chi connectivity index (χ1v) is 7.70. The molecule has 1 aliphatic rings. The van der Waals surface area contributed by atoms with Crippen molar-refractivity contribution in [1.82, 2.24) is 10.2 Å². The highest BCUT2D eigenvalue weighted by atomic mass is 16.5. The lowest BCUT2D eigenvalue weighted by molar-refractivity contribution is -0.149. The summed E-state index contributed by atoms with van der Waals surface area (Å²) in [5, 5.41) is 3.40. The fraction of sp³-hybridized carbons (Fsp3) is 0.867. The number of nitrogens with one attached hydrogen (secondary N) is 1. The summed E-state index contributed by atoms with van der Waals surface area (Å²) in [5.41, 5.74) is 0. The van der Waals surface area contributed by atoms with Gasteiger partial charge in [-0.3, -0.25) is 9.79 Å². The lowest BCUT2D eigenvalue weighted by Crippen LogP contribution is -2.47. The second kappa shape index (κ2) is 8.82. The Hall–Kier alpha value is -1.26. The normalized spacial score (nSPS) is 17.4. The molecule has 0 atom stereocenters. The summed E-state index contributed by atoms with van der Waals surface area (Å²) in [5.74, 6) is 1.65. The molecule has 1 saturated heterocycles. The zero-order valence-corrected chi connectivity index (χ0v) is 13.3. The van der Waals surface area contributed by atoms with Gasteiger partial charge < -0.3 is 15.0 Å². The number of nitrogens with zero attached hydrogens (tertiary/aromatic N) is 2. The average molecular weight is 283 g/mol. The lowest BCUT2D eigenvalue weighted by Gasteiger charge is -2.33. The molecule has 0 saturated carbocycles. The van der Waals surface area contributed by atoms with E-state index in [2.05, 4.69) is 29.1 Å². The molecule has 116 valence electrons. The van der Waals surface area contributed by atoms with Gasteiger partial charge in [0, 0.05) is 26.7 Å². The minimum absolute atomic E-state index is 0.0464. The molecule has 1 N–H and O–H groups in total. The average Bonchev–Trinajstić information content (AvgIpc) is 2.44. The number of hydrogen-bond donors (Lipinski definition) is 1. The zero-order chi connectivity index (χ0) is 15.0. The van der Waals surface area contributed by atoms with Crippen molar-refractivity contribution in [3.63, 3.8) is 0 Å². The third-order valence-electron chi connectivity index (χ3n) is 3.63. The Kier molecular flexibility index (Phi) is 7.41. The first-order valence-electron chi connectivity index (χ1n) is 7.70. The number of rotatable bonds is 5. The number of aliphatic imine (C=N–C) groups is 1. The molecule has 0 amide bonds. The van der Waals surface area contributed by atoms with E-state index >= 15 is 0 Å². The molecule has 0 spiro atoms. The van der Waals surface area contributed by atoms with Crippen LogP contribution in [-0.2, 0) is 9.53 Å². The molecular weight excluding hydrogens is 254 g/mol. The number of guanidine groups is 1. The quantitative estimate of drug-likeness (QED) is 0.475. The van der Waals surface area contributed by atoms with E-state index in [1.165, 1.54) is 0 Å². The van der Waals surface area contributed by atoms with Gasteiger partial charge in [0.05, 0.1) is 12.5 Å². The molecule has 0 aliphatic carbocycles. The smallest absolute Gasteiger partial charge is 0.309 e. The Morgan fingerprint density at radius 3 is 2.55 bits per heavy atom. The van der Waals surface area contributed by atoms with Gasteiger partial charge in [0.15, 0.2) is 5.96 Å². The van der Waals surface area contributed by atoms with Crippen molar-refractivity contribution in [2.24, 2.45) is 16.8 Å². The number of piperidine rings is 1. The van der Waals surface area contributed by atoms with Crippen molar-refractivity contribution < 1.29 is 9.53 Å². The van der Waals surface area contributed by atoms with Crippen LogP contribution in [0.3, 0.4) is 0 Å². The van der Waals surface area contributed by atoms with Crippen molar-refractivity contribution >= 4 is 11.9 Å². The highest BCUT2D eigenvalue weighted by Crippen LogP contribution is 2.18. The predicted molar refractivity (Wildman–Crippen MR) is 81.7 cm³/mol. The molecule has 1 fully saturated rings. The van der Waals surface area contributed by atoms with E-state index in [1.807, 2.05) is 14.0 Å². The fourth-order valence-corrected chi connectivity index (χ4v) is 2.39. The van der Waals surface area contributed by atoms with Crippen LogP contribution in [-0.4, -0.2) is 50.1 Å². The van der Waals surface area contributed by atoms with Crippen molar-refractivity contribution in [3.05, 3.63) is 0 Å². The molecule has 5 nitrogen and oxygen atoms in total. The summed E-state index contributed by atoms with van der Waals surface area (Å²) in [4.78, 5) is 18.3. The van der Waals surface area contributed by atoms with Crippen LogP contribution in [0.5, 0.6) is 0 Å². The lowest BCUT2D eigenvalue weighted by atomic mass is 9.97. The Morgan fingerprint density at radius 2 is 2.05 bits per heavy atom. The minimum atomic E-state index is -0.0464. The Balaban J connectivity index is 2.36. The summed E-state index contributed by atoms with van der Waals surface area (Å²) in [6.07, 6.45) is 2.84. The van der Waals surface area contributed by atoms with Crippen LogP contribution >= 0.6 is 0 Å². The number of hydrogen-bond acceptors (Lipinski definition) is 3. The molecule has 5 heteroatoms. The van der Waals surface area contributed by atoms with Crippen LogP contribution < -0.4 is 5.32 Å². The van der Waals surface area contributed by atoms with Gasteiger partial charge in [0.2, 0.25) is 0 Å². The number of ether oxygens (including phenoxy) is 1. The van der Waals surface area contributed by atoms with E-state index in [0.717, 1.165) is 44.9 Å². The van der Waals surface area contributed by atoms with Crippen LogP contribution in [0.15, 0.2) is 4.99 Å². The van der Waals surface area contributed by atoms with Crippen LogP contribution in [0.1, 0.15) is 40.0 Å². The SMILES string of the molecule is CCOC(=O)C1CCN(C(=NC)NCCC(C)C)CC1. The molecule has 1 rings (SSSR count). The first kappa shape index (κ1) is 16.8. The molecule has 0 radical (unpaired) electrons. The highest BCUT2D eigenvalue weighted by Gasteiger charge is 2.27. The zero-order valence-electron chi connectivity index (χ0n) is 13.3. The topological polar surface area (TPSA) is 53.9 Å². The number of carbonyl (C=O) groups excluding carboxylic acids is 1. The molecule has 1 aliphatic heterocycles. The molecule has 0 bridgehead atoms. The number of carbonyl (C=O) groups is 1. The molecule has 0 aromatic heterocycles. The molecule has 0 aromatic carbocycles. The minimum Gasteiger partial charge on any atom is -0.466 e. The van der Waals surface area contributed by atoms with Crippen molar-refractivity contribution in [1.29, 1.82) is 0 Å². The summed E-state index contributed by atoms with van der Waals surface area (Å²) in [6.45, 7) is 9.44. The Labute approximate surface area is 122 Å². The van der Waals surface area contributed by atoms with Gasteiger partial charge in [0.25, 0.3) is 0 Å². The third-order valence-corrected chi connectivity index (χ3v) is 3.63. The van der Waals surface area contributed by atoms with E-state index < -0.39 is 0 Å². The van der Waals surface area contributed by atoms with E-state index in [4.69, 9.17) is 4.74 Å². The largest absolute Gasteiger partial charge is 0.466 e. The van der Waals surface area contributed by atoms with E-state index in [9.17, 15) is 4.79 Å². The standard InChI is InChI=1S/C15H29N3O2/c1-5-20-14(19)13-7-10-18(11-8-13)15(16-4)17-9-6-12(2)3/h12-13H,5-11H2,1-4H3,(H,16,17). The van der Waals surface area contributed by atoms with Crippen molar-refractivity contribution in [3.8, 4) is 0 Å².